The number of hydrogen-bond acceptors (Lipinski definition) is 4. The Kier molecular flexibility index (Phi) is 3.05. The van der Waals surface area contributed by atoms with E-state index in [0.717, 1.165) is 0 Å². The quantitative estimate of drug-likeness (QED) is 0.804. The van der Waals surface area contributed by atoms with Crippen LogP contribution in [-0.2, 0) is 7.05 Å². The van der Waals surface area contributed by atoms with Crippen molar-refractivity contribution < 1.29 is 9.59 Å². The van der Waals surface area contributed by atoms with Crippen LogP contribution in [0.1, 0.15) is 20.8 Å². The van der Waals surface area contributed by atoms with E-state index in [0.29, 0.717) is 11.3 Å². The van der Waals surface area contributed by atoms with Crippen LogP contribution in [0, 0.1) is 0 Å². The van der Waals surface area contributed by atoms with Gasteiger partial charge in [0.25, 0.3) is 5.91 Å². The maximum absolute atomic E-state index is 11.7. The summed E-state index contributed by atoms with van der Waals surface area (Å²) in [5, 5.41) is 9.98. The van der Waals surface area contributed by atoms with Crippen LogP contribution < -0.4 is 11.1 Å². The normalized spacial score (nSPS) is 10.1. The van der Waals surface area contributed by atoms with Gasteiger partial charge in [0.2, 0.25) is 5.91 Å². The van der Waals surface area contributed by atoms with Gasteiger partial charge >= 0.3 is 0 Å². The second-order valence-electron chi connectivity index (χ2n) is 3.67. The van der Waals surface area contributed by atoms with Crippen molar-refractivity contribution in [3.8, 4) is 0 Å². The zero-order valence-corrected chi connectivity index (χ0v) is 9.62. The number of hydrogen-bond donors (Lipinski definition) is 2. The molecule has 2 amide bonds. The van der Waals surface area contributed by atoms with Crippen molar-refractivity contribution in [3.05, 3.63) is 41.7 Å². The molecule has 3 N–H and O–H groups in total. The third-order valence-corrected chi connectivity index (χ3v) is 2.26. The second kappa shape index (κ2) is 4.66. The van der Waals surface area contributed by atoms with Gasteiger partial charge in [0, 0.05) is 18.3 Å². The summed E-state index contributed by atoms with van der Waals surface area (Å²) in [5.41, 5.74) is 6.26. The summed E-state index contributed by atoms with van der Waals surface area (Å²) >= 11 is 0. The van der Waals surface area contributed by atoms with Crippen LogP contribution >= 0.6 is 0 Å². The zero-order valence-electron chi connectivity index (χ0n) is 9.62. The number of aromatic nitrogens is 3. The van der Waals surface area contributed by atoms with E-state index in [1.54, 1.807) is 19.2 Å². The Morgan fingerprint density at radius 2 is 1.94 bits per heavy atom. The van der Waals surface area contributed by atoms with E-state index in [4.69, 9.17) is 5.73 Å². The number of rotatable bonds is 3. The lowest BCUT2D eigenvalue weighted by Crippen LogP contribution is -2.13. The largest absolute Gasteiger partial charge is 0.366 e. The van der Waals surface area contributed by atoms with Gasteiger partial charge in [-0.1, -0.05) is 5.21 Å². The molecule has 2 rings (SSSR count). The third kappa shape index (κ3) is 2.51. The van der Waals surface area contributed by atoms with Crippen molar-refractivity contribution in [1.29, 1.82) is 0 Å². The molecule has 1 aromatic carbocycles. The lowest BCUT2D eigenvalue weighted by Gasteiger charge is -2.03. The van der Waals surface area contributed by atoms with E-state index >= 15 is 0 Å². The molecule has 7 nitrogen and oxygen atoms in total. The lowest BCUT2D eigenvalue weighted by atomic mass is 10.2. The fourth-order valence-corrected chi connectivity index (χ4v) is 1.36. The molecule has 0 unspecified atom stereocenters. The summed E-state index contributed by atoms with van der Waals surface area (Å²) in [6.45, 7) is 0. The number of benzene rings is 1. The molecule has 0 aliphatic heterocycles. The van der Waals surface area contributed by atoms with Crippen molar-refractivity contribution in [2.75, 3.05) is 5.32 Å². The maximum Gasteiger partial charge on any atom is 0.277 e. The van der Waals surface area contributed by atoms with Gasteiger partial charge in [0.05, 0.1) is 6.20 Å². The van der Waals surface area contributed by atoms with Crippen LogP contribution in [0.25, 0.3) is 0 Å². The number of nitrogens with one attached hydrogen (secondary N) is 1. The first-order chi connectivity index (χ1) is 8.56. The van der Waals surface area contributed by atoms with Gasteiger partial charge in [-0.25, -0.2) is 0 Å². The van der Waals surface area contributed by atoms with Gasteiger partial charge < -0.3 is 11.1 Å². The highest BCUT2D eigenvalue weighted by molar-refractivity contribution is 6.03. The molecule has 0 atom stereocenters. The summed E-state index contributed by atoms with van der Waals surface area (Å²) < 4.78 is 1.44. The molecule has 2 aromatic rings. The van der Waals surface area contributed by atoms with Crippen LogP contribution in [0.3, 0.4) is 0 Å². The van der Waals surface area contributed by atoms with Crippen molar-refractivity contribution in [2.24, 2.45) is 12.8 Å². The first-order valence-electron chi connectivity index (χ1n) is 5.14. The topological polar surface area (TPSA) is 103 Å². The lowest BCUT2D eigenvalue weighted by molar-refractivity contribution is 0.0998. The van der Waals surface area contributed by atoms with Gasteiger partial charge in [-0.15, -0.1) is 5.10 Å². The minimum absolute atomic E-state index is 0.219. The molecule has 0 radical (unpaired) electrons. The number of carbonyl (C=O) groups is 2. The molecular weight excluding hydrogens is 234 g/mol. The molecule has 0 saturated carbocycles. The molecule has 0 saturated heterocycles. The minimum atomic E-state index is -0.512. The van der Waals surface area contributed by atoms with Crippen LogP contribution in [0.15, 0.2) is 30.5 Å². The Morgan fingerprint density at radius 1 is 1.28 bits per heavy atom. The molecular formula is C11H11N5O2. The van der Waals surface area contributed by atoms with E-state index in [-0.39, 0.29) is 11.6 Å². The Balaban J connectivity index is 2.10. The first-order valence-corrected chi connectivity index (χ1v) is 5.14. The smallest absolute Gasteiger partial charge is 0.277 e. The predicted molar refractivity (Wildman–Crippen MR) is 63.9 cm³/mol. The average molecular weight is 245 g/mol. The summed E-state index contributed by atoms with van der Waals surface area (Å²) in [5.74, 6) is -0.878. The first kappa shape index (κ1) is 11.8. The second-order valence-corrected chi connectivity index (χ2v) is 3.67. The highest BCUT2D eigenvalue weighted by Gasteiger charge is 2.10. The fraction of sp³-hybridized carbons (Fsp3) is 0.0909. The molecule has 18 heavy (non-hydrogen) atoms. The molecule has 0 fully saturated rings. The maximum atomic E-state index is 11.7. The van der Waals surface area contributed by atoms with E-state index in [9.17, 15) is 9.59 Å². The van der Waals surface area contributed by atoms with E-state index in [2.05, 4.69) is 15.6 Å². The number of anilines is 1. The highest BCUT2D eigenvalue weighted by Crippen LogP contribution is 2.10. The van der Waals surface area contributed by atoms with Gasteiger partial charge in [0.15, 0.2) is 5.69 Å². The van der Waals surface area contributed by atoms with E-state index < -0.39 is 5.91 Å². The van der Waals surface area contributed by atoms with Crippen molar-refractivity contribution in [3.63, 3.8) is 0 Å². The number of primary amides is 1. The van der Waals surface area contributed by atoms with Crippen LogP contribution in [0.4, 0.5) is 5.69 Å². The van der Waals surface area contributed by atoms with Crippen molar-refractivity contribution in [1.82, 2.24) is 15.0 Å². The van der Waals surface area contributed by atoms with E-state index in [1.165, 1.54) is 23.0 Å². The van der Waals surface area contributed by atoms with Crippen molar-refractivity contribution >= 4 is 17.5 Å². The van der Waals surface area contributed by atoms with Gasteiger partial charge in [0.1, 0.15) is 0 Å². The monoisotopic (exact) mass is 245 g/mol. The Hall–Kier alpha value is -2.70. The molecule has 0 aliphatic rings. The van der Waals surface area contributed by atoms with Crippen molar-refractivity contribution in [2.45, 2.75) is 0 Å². The SMILES string of the molecule is Cn1cc(C(=O)Nc2ccc(C(N)=O)cc2)nn1. The van der Waals surface area contributed by atoms with Gasteiger partial charge in [-0.2, -0.15) is 0 Å². The fourth-order valence-electron chi connectivity index (χ4n) is 1.36. The summed E-state index contributed by atoms with van der Waals surface area (Å²) in [4.78, 5) is 22.6. The summed E-state index contributed by atoms with van der Waals surface area (Å²) in [6.07, 6.45) is 1.51. The number of nitrogens with two attached hydrogens (primary N) is 1. The van der Waals surface area contributed by atoms with E-state index in [1.807, 2.05) is 0 Å². The molecule has 0 spiro atoms. The Labute approximate surface area is 103 Å². The number of amides is 2. The highest BCUT2D eigenvalue weighted by atomic mass is 16.2. The Morgan fingerprint density at radius 3 is 2.44 bits per heavy atom. The molecule has 92 valence electrons. The zero-order chi connectivity index (χ0) is 13.1. The van der Waals surface area contributed by atoms with Crippen LogP contribution in [0.5, 0.6) is 0 Å². The third-order valence-electron chi connectivity index (χ3n) is 2.26. The summed E-state index contributed by atoms with van der Waals surface area (Å²) in [6, 6.07) is 6.26. The average Bonchev–Trinajstić information content (AvgIpc) is 2.76. The van der Waals surface area contributed by atoms with Gasteiger partial charge in [-0.05, 0) is 24.3 Å². The molecule has 1 heterocycles. The summed E-state index contributed by atoms with van der Waals surface area (Å²) in [7, 11) is 1.67. The molecule has 0 aliphatic carbocycles. The predicted octanol–water partition coefficient (Wildman–Crippen LogP) is 0.166. The van der Waals surface area contributed by atoms with Gasteiger partial charge in [-0.3, -0.25) is 14.3 Å². The number of carbonyl (C=O) groups excluding carboxylic acids is 2. The Bertz CT molecular complexity index is 588. The number of aryl methyl sites for hydroxylation is 1. The minimum Gasteiger partial charge on any atom is -0.366 e. The molecule has 0 bridgehead atoms. The van der Waals surface area contributed by atoms with Crippen LogP contribution in [0.2, 0.25) is 0 Å². The standard InChI is InChI=1S/C11H11N5O2/c1-16-6-9(14-15-16)11(18)13-8-4-2-7(3-5-8)10(12)17/h2-6H,1H3,(H2,12,17)(H,13,18). The molecule has 1 aromatic heterocycles. The molecule has 7 heteroatoms. The van der Waals surface area contributed by atoms with Crippen LogP contribution in [-0.4, -0.2) is 26.8 Å². The number of nitrogens with zero attached hydrogens (tertiary/aromatic N) is 3.